The third kappa shape index (κ3) is 3.42. The molecule has 0 aliphatic heterocycles. The van der Waals surface area contributed by atoms with E-state index in [4.69, 9.17) is 17.3 Å². The maximum atomic E-state index is 5.85. The summed E-state index contributed by atoms with van der Waals surface area (Å²) in [5.41, 5.74) is 9.05. The van der Waals surface area contributed by atoms with Crippen LogP contribution in [0, 0.1) is 6.92 Å². The number of hydrogen-bond donors (Lipinski definition) is 1. The van der Waals surface area contributed by atoms with E-state index in [1.54, 1.807) is 0 Å². The van der Waals surface area contributed by atoms with Crippen molar-refractivity contribution in [1.82, 2.24) is 0 Å². The Balaban J connectivity index is 2.04. The van der Waals surface area contributed by atoms with Crippen molar-refractivity contribution in [3.05, 3.63) is 58.6 Å². The van der Waals surface area contributed by atoms with Crippen LogP contribution in [0.5, 0.6) is 0 Å². The van der Waals surface area contributed by atoms with Crippen molar-refractivity contribution in [3.8, 4) is 0 Å². The number of benzene rings is 2. The fourth-order valence-electron chi connectivity index (χ4n) is 1.58. The van der Waals surface area contributed by atoms with E-state index in [-0.39, 0.29) is 0 Å². The summed E-state index contributed by atoms with van der Waals surface area (Å²) in [5, 5.41) is 0.780. The minimum atomic E-state index is 0.780. The van der Waals surface area contributed by atoms with E-state index in [1.807, 2.05) is 36.0 Å². The first-order valence-corrected chi connectivity index (χ1v) is 6.75. The summed E-state index contributed by atoms with van der Waals surface area (Å²) in [6.07, 6.45) is 0. The molecule has 2 aromatic rings. The first kappa shape index (κ1) is 12.3. The molecule has 0 amide bonds. The van der Waals surface area contributed by atoms with Gasteiger partial charge in [0.15, 0.2) is 0 Å². The molecule has 2 aromatic carbocycles. The normalized spacial score (nSPS) is 10.5. The molecule has 2 rings (SSSR count). The van der Waals surface area contributed by atoms with Gasteiger partial charge in [-0.25, -0.2) is 0 Å². The third-order valence-corrected chi connectivity index (χ3v) is 4.01. The van der Waals surface area contributed by atoms with Crippen LogP contribution in [0.25, 0.3) is 0 Å². The fraction of sp³-hybridized carbons (Fsp3) is 0.143. The monoisotopic (exact) mass is 263 g/mol. The molecule has 0 saturated heterocycles. The lowest BCUT2D eigenvalue weighted by molar-refractivity contribution is 1.29. The molecule has 0 bridgehead atoms. The Morgan fingerprint density at radius 3 is 2.47 bits per heavy atom. The Kier molecular flexibility index (Phi) is 3.97. The molecule has 88 valence electrons. The summed E-state index contributed by atoms with van der Waals surface area (Å²) in [5.74, 6) is 0.946. The van der Waals surface area contributed by atoms with Crippen LogP contribution in [0.4, 0.5) is 5.69 Å². The van der Waals surface area contributed by atoms with Crippen molar-refractivity contribution < 1.29 is 0 Å². The molecule has 0 saturated carbocycles. The number of halogens is 1. The van der Waals surface area contributed by atoms with Gasteiger partial charge in [0.05, 0.1) is 0 Å². The van der Waals surface area contributed by atoms with Crippen LogP contribution in [0.3, 0.4) is 0 Å². The first-order valence-electron chi connectivity index (χ1n) is 5.38. The van der Waals surface area contributed by atoms with Crippen LogP contribution < -0.4 is 5.73 Å². The van der Waals surface area contributed by atoms with Crippen molar-refractivity contribution in [2.24, 2.45) is 0 Å². The van der Waals surface area contributed by atoms with Gasteiger partial charge in [-0.15, -0.1) is 11.8 Å². The van der Waals surface area contributed by atoms with Gasteiger partial charge in [-0.2, -0.15) is 0 Å². The SMILES string of the molecule is Cc1cc(N)ccc1SCc1ccc(Cl)cc1. The van der Waals surface area contributed by atoms with Gasteiger partial charge in [0, 0.05) is 21.4 Å². The minimum absolute atomic E-state index is 0.780. The average molecular weight is 264 g/mol. The van der Waals surface area contributed by atoms with E-state index >= 15 is 0 Å². The minimum Gasteiger partial charge on any atom is -0.399 e. The second kappa shape index (κ2) is 5.48. The zero-order chi connectivity index (χ0) is 12.3. The lowest BCUT2D eigenvalue weighted by Gasteiger charge is -2.06. The van der Waals surface area contributed by atoms with E-state index in [0.29, 0.717) is 0 Å². The summed E-state index contributed by atoms with van der Waals surface area (Å²) in [6.45, 7) is 2.08. The molecule has 0 radical (unpaired) electrons. The van der Waals surface area contributed by atoms with Gasteiger partial charge >= 0.3 is 0 Å². The Labute approximate surface area is 111 Å². The van der Waals surface area contributed by atoms with Gasteiger partial charge in [0.2, 0.25) is 0 Å². The van der Waals surface area contributed by atoms with Gasteiger partial charge in [-0.1, -0.05) is 23.7 Å². The van der Waals surface area contributed by atoms with Gasteiger partial charge in [0.1, 0.15) is 0 Å². The molecule has 1 nitrogen and oxygen atoms in total. The maximum Gasteiger partial charge on any atom is 0.0406 e. The quantitative estimate of drug-likeness (QED) is 0.651. The van der Waals surface area contributed by atoms with Crippen LogP contribution in [-0.4, -0.2) is 0 Å². The lowest BCUT2D eigenvalue weighted by atomic mass is 10.2. The zero-order valence-electron chi connectivity index (χ0n) is 9.61. The number of anilines is 1. The number of rotatable bonds is 3. The molecule has 0 fully saturated rings. The maximum absolute atomic E-state index is 5.85. The highest BCUT2D eigenvalue weighted by atomic mass is 35.5. The fourth-order valence-corrected chi connectivity index (χ4v) is 2.67. The predicted octanol–water partition coefficient (Wildman–Crippen LogP) is 4.52. The molecular weight excluding hydrogens is 250 g/mol. The number of hydrogen-bond acceptors (Lipinski definition) is 2. The summed E-state index contributed by atoms with van der Waals surface area (Å²) in [7, 11) is 0. The van der Waals surface area contributed by atoms with E-state index in [2.05, 4.69) is 25.1 Å². The van der Waals surface area contributed by atoms with Gasteiger partial charge in [-0.3, -0.25) is 0 Å². The molecule has 3 heteroatoms. The number of aryl methyl sites for hydroxylation is 1. The molecule has 0 spiro atoms. The Morgan fingerprint density at radius 2 is 1.82 bits per heavy atom. The predicted molar refractivity (Wildman–Crippen MR) is 76.6 cm³/mol. The van der Waals surface area contributed by atoms with Gasteiger partial charge < -0.3 is 5.73 Å². The van der Waals surface area contributed by atoms with Crippen LogP contribution in [0.15, 0.2) is 47.4 Å². The molecule has 0 aliphatic rings. The van der Waals surface area contributed by atoms with Crippen molar-refractivity contribution in [3.63, 3.8) is 0 Å². The largest absolute Gasteiger partial charge is 0.399 e. The van der Waals surface area contributed by atoms with Gasteiger partial charge in [0.25, 0.3) is 0 Å². The van der Waals surface area contributed by atoms with E-state index in [0.717, 1.165) is 16.5 Å². The van der Waals surface area contributed by atoms with Crippen molar-refractivity contribution in [2.75, 3.05) is 5.73 Å². The van der Waals surface area contributed by atoms with E-state index < -0.39 is 0 Å². The topological polar surface area (TPSA) is 26.0 Å². The molecule has 17 heavy (non-hydrogen) atoms. The number of nitrogens with two attached hydrogens (primary N) is 1. The van der Waals surface area contributed by atoms with Crippen LogP contribution >= 0.6 is 23.4 Å². The lowest BCUT2D eigenvalue weighted by Crippen LogP contribution is -1.87. The van der Waals surface area contributed by atoms with Crippen molar-refractivity contribution >= 4 is 29.1 Å². The second-order valence-corrected chi connectivity index (χ2v) is 5.39. The van der Waals surface area contributed by atoms with Gasteiger partial charge in [-0.05, 0) is 48.4 Å². The Morgan fingerprint density at radius 1 is 1.12 bits per heavy atom. The van der Waals surface area contributed by atoms with Crippen LogP contribution in [-0.2, 0) is 5.75 Å². The Bertz CT molecular complexity index is 508. The standard InChI is InChI=1S/C14H14ClNS/c1-10-8-13(16)6-7-14(10)17-9-11-2-4-12(15)5-3-11/h2-8H,9,16H2,1H3. The summed E-state index contributed by atoms with van der Waals surface area (Å²) in [4.78, 5) is 1.27. The highest BCUT2D eigenvalue weighted by Gasteiger charge is 2.00. The molecule has 0 atom stereocenters. The zero-order valence-corrected chi connectivity index (χ0v) is 11.2. The summed E-state index contributed by atoms with van der Waals surface area (Å²) >= 11 is 7.67. The molecule has 0 aliphatic carbocycles. The van der Waals surface area contributed by atoms with Crippen molar-refractivity contribution in [2.45, 2.75) is 17.6 Å². The van der Waals surface area contributed by atoms with E-state index in [9.17, 15) is 0 Å². The van der Waals surface area contributed by atoms with Crippen LogP contribution in [0.1, 0.15) is 11.1 Å². The van der Waals surface area contributed by atoms with Crippen molar-refractivity contribution in [1.29, 1.82) is 0 Å². The third-order valence-electron chi connectivity index (χ3n) is 2.51. The number of nitrogen functional groups attached to an aromatic ring is 1. The second-order valence-electron chi connectivity index (χ2n) is 3.94. The van der Waals surface area contributed by atoms with E-state index in [1.165, 1.54) is 16.0 Å². The first-order chi connectivity index (χ1) is 8.15. The highest BCUT2D eigenvalue weighted by molar-refractivity contribution is 7.98. The molecule has 0 unspecified atom stereocenters. The molecule has 0 aromatic heterocycles. The van der Waals surface area contributed by atoms with Crippen LogP contribution in [0.2, 0.25) is 5.02 Å². The molecular formula is C14H14ClNS. The summed E-state index contributed by atoms with van der Waals surface area (Å²) in [6, 6.07) is 14.0. The summed E-state index contributed by atoms with van der Waals surface area (Å²) < 4.78 is 0. The molecule has 2 N–H and O–H groups in total. The highest BCUT2D eigenvalue weighted by Crippen LogP contribution is 2.27. The average Bonchev–Trinajstić information content (AvgIpc) is 2.30. The molecule has 0 heterocycles. The Hall–Kier alpha value is -1.12. The smallest absolute Gasteiger partial charge is 0.0406 e. The number of thioether (sulfide) groups is 1.